The Balaban J connectivity index is 3.19. The predicted molar refractivity (Wildman–Crippen MR) is 116 cm³/mol. The molecule has 0 aliphatic carbocycles. The van der Waals surface area contributed by atoms with Crippen molar-refractivity contribution in [3.05, 3.63) is 28.8 Å². The summed E-state index contributed by atoms with van der Waals surface area (Å²) in [6, 6.07) is 3.97. The van der Waals surface area contributed by atoms with Gasteiger partial charge < -0.3 is 10.4 Å². The average molecular weight is 376 g/mol. The van der Waals surface area contributed by atoms with Crippen LogP contribution in [0.5, 0.6) is 5.75 Å². The number of hydrogen-bond acceptors (Lipinski definition) is 2. The van der Waals surface area contributed by atoms with Gasteiger partial charge in [0.05, 0.1) is 6.42 Å². The van der Waals surface area contributed by atoms with Gasteiger partial charge in [-0.2, -0.15) is 0 Å². The summed E-state index contributed by atoms with van der Waals surface area (Å²) in [5, 5.41) is 14.0. The Bertz CT molecular complexity index is 645. The first-order valence-electron chi connectivity index (χ1n) is 10.00. The van der Waals surface area contributed by atoms with Crippen molar-refractivity contribution in [2.24, 2.45) is 5.41 Å². The summed E-state index contributed by atoms with van der Waals surface area (Å²) in [6.45, 7) is 23.2. The number of amides is 1. The van der Waals surface area contributed by atoms with Gasteiger partial charge in [0.1, 0.15) is 5.75 Å². The molecule has 0 saturated heterocycles. The first kappa shape index (κ1) is 23.5. The largest absolute Gasteiger partial charge is 0.507 e. The van der Waals surface area contributed by atoms with E-state index in [-0.39, 0.29) is 27.7 Å². The lowest BCUT2D eigenvalue weighted by Gasteiger charge is -2.33. The fourth-order valence-electron chi connectivity index (χ4n) is 3.92. The summed E-state index contributed by atoms with van der Waals surface area (Å²) < 4.78 is 0. The van der Waals surface area contributed by atoms with Crippen LogP contribution in [-0.4, -0.2) is 16.6 Å². The normalized spacial score (nSPS) is 13.6. The molecule has 0 aromatic heterocycles. The molecule has 154 valence electrons. The second kappa shape index (κ2) is 7.48. The van der Waals surface area contributed by atoms with Gasteiger partial charge in [0.2, 0.25) is 5.91 Å². The number of aromatic hydroxyl groups is 1. The summed E-state index contributed by atoms with van der Waals surface area (Å²) in [5.74, 6) is 0.377. The standard InChI is InChI=1S/C24H41NO2/c1-21(2,3)15-24(10,11)25-19(26)14-16-12-17(22(4,5)6)20(27)18(13-16)23(7,8)9/h12-13,27H,14-15H2,1-11H3,(H,25,26). The summed E-state index contributed by atoms with van der Waals surface area (Å²) in [4.78, 5) is 12.7. The minimum Gasteiger partial charge on any atom is -0.507 e. The molecule has 1 amide bonds. The Morgan fingerprint density at radius 1 is 0.852 bits per heavy atom. The number of hydrogen-bond donors (Lipinski definition) is 2. The van der Waals surface area contributed by atoms with Gasteiger partial charge in [-0.25, -0.2) is 0 Å². The zero-order valence-electron chi connectivity index (χ0n) is 19.4. The highest BCUT2D eigenvalue weighted by molar-refractivity contribution is 5.79. The van der Waals surface area contributed by atoms with Gasteiger partial charge in [0, 0.05) is 5.54 Å². The molecule has 0 aliphatic rings. The third kappa shape index (κ3) is 7.20. The average Bonchev–Trinajstić information content (AvgIpc) is 2.33. The van der Waals surface area contributed by atoms with Gasteiger partial charge >= 0.3 is 0 Å². The van der Waals surface area contributed by atoms with Crippen molar-refractivity contribution in [3.8, 4) is 5.75 Å². The maximum Gasteiger partial charge on any atom is 0.224 e. The number of carbonyl (C=O) groups is 1. The van der Waals surface area contributed by atoms with Gasteiger partial charge in [-0.1, -0.05) is 74.4 Å². The topological polar surface area (TPSA) is 49.3 Å². The molecule has 0 aliphatic heterocycles. The van der Waals surface area contributed by atoms with E-state index < -0.39 is 0 Å². The first-order valence-corrected chi connectivity index (χ1v) is 10.00. The molecule has 0 bridgehead atoms. The van der Waals surface area contributed by atoms with Crippen LogP contribution in [-0.2, 0) is 22.0 Å². The van der Waals surface area contributed by atoms with Gasteiger partial charge in [-0.05, 0) is 53.2 Å². The Morgan fingerprint density at radius 3 is 1.59 bits per heavy atom. The third-order valence-electron chi connectivity index (χ3n) is 4.60. The van der Waals surface area contributed by atoms with Crippen LogP contribution in [0.2, 0.25) is 0 Å². The highest BCUT2D eigenvalue weighted by Gasteiger charge is 2.29. The van der Waals surface area contributed by atoms with E-state index in [1.165, 1.54) is 0 Å². The van der Waals surface area contributed by atoms with Crippen molar-refractivity contribution in [1.82, 2.24) is 5.32 Å². The van der Waals surface area contributed by atoms with Crippen LogP contribution in [0, 0.1) is 5.41 Å². The van der Waals surface area contributed by atoms with Crippen LogP contribution < -0.4 is 5.32 Å². The molecule has 3 heteroatoms. The molecule has 0 radical (unpaired) electrons. The summed E-state index contributed by atoms with van der Waals surface area (Å²) in [5.41, 5.74) is 2.25. The van der Waals surface area contributed by atoms with E-state index in [2.05, 4.69) is 81.5 Å². The van der Waals surface area contributed by atoms with Gasteiger partial charge in [0.25, 0.3) is 0 Å². The van der Waals surface area contributed by atoms with Crippen molar-refractivity contribution in [2.45, 2.75) is 105 Å². The fourth-order valence-corrected chi connectivity index (χ4v) is 3.92. The Kier molecular flexibility index (Phi) is 6.52. The van der Waals surface area contributed by atoms with Crippen molar-refractivity contribution in [3.63, 3.8) is 0 Å². The Hall–Kier alpha value is -1.51. The number of phenolic OH excluding ortho intramolecular Hbond substituents is 1. The van der Waals surface area contributed by atoms with Crippen LogP contribution >= 0.6 is 0 Å². The zero-order valence-corrected chi connectivity index (χ0v) is 19.4. The fraction of sp³-hybridized carbons (Fsp3) is 0.708. The lowest BCUT2D eigenvalue weighted by Crippen LogP contribution is -2.46. The van der Waals surface area contributed by atoms with E-state index >= 15 is 0 Å². The molecule has 0 unspecified atom stereocenters. The molecule has 1 aromatic carbocycles. The molecule has 0 fully saturated rings. The summed E-state index contributed by atoms with van der Waals surface area (Å²) in [6.07, 6.45) is 1.22. The SMILES string of the molecule is CC(C)(C)CC(C)(C)NC(=O)Cc1cc(C(C)(C)C)c(O)c(C(C)(C)C)c1. The highest BCUT2D eigenvalue weighted by Crippen LogP contribution is 2.40. The number of phenols is 1. The van der Waals surface area contributed by atoms with Gasteiger partial charge in [-0.15, -0.1) is 0 Å². The minimum absolute atomic E-state index is 0.0228. The van der Waals surface area contributed by atoms with Crippen LogP contribution in [0.3, 0.4) is 0 Å². The quantitative estimate of drug-likeness (QED) is 0.692. The van der Waals surface area contributed by atoms with Crippen molar-refractivity contribution >= 4 is 5.91 Å². The Labute approximate surface area is 167 Å². The minimum atomic E-state index is -0.258. The first-order chi connectivity index (χ1) is 11.8. The van der Waals surface area contributed by atoms with E-state index in [1.54, 1.807) is 0 Å². The molecule has 27 heavy (non-hydrogen) atoms. The van der Waals surface area contributed by atoms with Crippen LogP contribution in [0.1, 0.15) is 99.3 Å². The second-order valence-electron chi connectivity index (χ2n) is 11.9. The molecule has 3 nitrogen and oxygen atoms in total. The number of benzene rings is 1. The van der Waals surface area contributed by atoms with Gasteiger partial charge in [0.15, 0.2) is 0 Å². The molecule has 0 heterocycles. The van der Waals surface area contributed by atoms with Crippen molar-refractivity contribution in [1.29, 1.82) is 0 Å². The number of nitrogens with one attached hydrogen (secondary N) is 1. The maximum absolute atomic E-state index is 12.7. The van der Waals surface area contributed by atoms with E-state index in [0.29, 0.717) is 12.2 Å². The van der Waals surface area contributed by atoms with E-state index in [0.717, 1.165) is 23.1 Å². The van der Waals surface area contributed by atoms with E-state index in [9.17, 15) is 9.90 Å². The van der Waals surface area contributed by atoms with Crippen molar-refractivity contribution < 1.29 is 9.90 Å². The smallest absolute Gasteiger partial charge is 0.224 e. The molecule has 0 saturated carbocycles. The summed E-state index contributed by atoms with van der Waals surface area (Å²) in [7, 11) is 0. The number of carbonyl (C=O) groups excluding carboxylic acids is 1. The van der Waals surface area contributed by atoms with Crippen LogP contribution in [0.15, 0.2) is 12.1 Å². The monoisotopic (exact) mass is 375 g/mol. The van der Waals surface area contributed by atoms with Crippen molar-refractivity contribution in [2.75, 3.05) is 0 Å². The summed E-state index contributed by atoms with van der Waals surface area (Å²) >= 11 is 0. The van der Waals surface area contributed by atoms with Gasteiger partial charge in [-0.3, -0.25) is 4.79 Å². The number of rotatable bonds is 4. The second-order valence-corrected chi connectivity index (χ2v) is 11.9. The Morgan fingerprint density at radius 2 is 1.26 bits per heavy atom. The zero-order chi connectivity index (χ0) is 21.4. The lowest BCUT2D eigenvalue weighted by molar-refractivity contribution is -0.122. The molecule has 1 rings (SSSR count). The molecule has 2 N–H and O–H groups in total. The highest BCUT2D eigenvalue weighted by atomic mass is 16.3. The third-order valence-corrected chi connectivity index (χ3v) is 4.60. The van der Waals surface area contributed by atoms with Crippen LogP contribution in [0.25, 0.3) is 0 Å². The maximum atomic E-state index is 12.7. The van der Waals surface area contributed by atoms with Crippen LogP contribution in [0.4, 0.5) is 0 Å². The predicted octanol–water partition coefficient (Wildman–Crippen LogP) is 5.86. The van der Waals surface area contributed by atoms with E-state index in [1.807, 2.05) is 12.1 Å². The molecular weight excluding hydrogens is 334 g/mol. The molecule has 1 aromatic rings. The lowest BCUT2D eigenvalue weighted by atomic mass is 9.78. The molecule has 0 atom stereocenters. The molecular formula is C24H41NO2. The molecule has 0 spiro atoms. The van der Waals surface area contributed by atoms with E-state index in [4.69, 9.17) is 0 Å².